The highest BCUT2D eigenvalue weighted by Crippen LogP contribution is 2.23. The van der Waals surface area contributed by atoms with Crippen LogP contribution in [-0.4, -0.2) is 40.3 Å². The maximum atomic E-state index is 12.4. The summed E-state index contributed by atoms with van der Waals surface area (Å²) in [6.45, 7) is 3.50. The molecule has 0 saturated heterocycles. The first-order chi connectivity index (χ1) is 12.7. The van der Waals surface area contributed by atoms with Crippen LogP contribution in [0.1, 0.15) is 13.8 Å². The maximum Gasteiger partial charge on any atom is 0.245 e. The van der Waals surface area contributed by atoms with Crippen LogP contribution in [0.15, 0.2) is 48.5 Å². The van der Waals surface area contributed by atoms with Gasteiger partial charge in [-0.05, 0) is 50.2 Å². The number of hydrogen-bond donors (Lipinski definition) is 1. The summed E-state index contributed by atoms with van der Waals surface area (Å²) in [4.78, 5) is 12.4. The molecule has 0 aromatic heterocycles. The Kier molecular flexibility index (Phi) is 6.68. The fraction of sp³-hybridized carbons (Fsp3) is 0.316. The lowest BCUT2D eigenvalue weighted by molar-refractivity contribution is -0.114. The maximum absolute atomic E-state index is 12.4. The second-order valence-electron chi connectivity index (χ2n) is 6.21. The largest absolute Gasteiger partial charge is 0.497 e. The summed E-state index contributed by atoms with van der Waals surface area (Å²) in [5.41, 5.74) is 0.905. The van der Waals surface area contributed by atoms with Crippen molar-refractivity contribution in [2.45, 2.75) is 20.0 Å². The van der Waals surface area contributed by atoms with E-state index in [0.29, 0.717) is 22.9 Å². The fourth-order valence-corrected chi connectivity index (χ4v) is 3.23. The molecule has 0 aliphatic heterocycles. The number of nitrogens with zero attached hydrogens (tertiary/aromatic N) is 1. The van der Waals surface area contributed by atoms with Crippen molar-refractivity contribution < 1.29 is 22.7 Å². The average Bonchev–Trinajstić information content (AvgIpc) is 2.60. The van der Waals surface area contributed by atoms with Crippen molar-refractivity contribution in [1.29, 1.82) is 0 Å². The molecule has 0 radical (unpaired) electrons. The molecule has 0 atom stereocenters. The van der Waals surface area contributed by atoms with Crippen molar-refractivity contribution in [3.63, 3.8) is 0 Å². The number of ether oxygens (including phenoxy) is 2. The quantitative estimate of drug-likeness (QED) is 0.747. The van der Waals surface area contributed by atoms with Crippen LogP contribution >= 0.6 is 0 Å². The Morgan fingerprint density at radius 2 is 1.78 bits per heavy atom. The molecule has 0 saturated carbocycles. The van der Waals surface area contributed by atoms with Crippen molar-refractivity contribution in [2.75, 3.05) is 29.5 Å². The molecule has 0 spiro atoms. The van der Waals surface area contributed by atoms with E-state index in [1.165, 1.54) is 7.11 Å². The summed E-state index contributed by atoms with van der Waals surface area (Å²) in [6.07, 6.45) is 1.11. The summed E-state index contributed by atoms with van der Waals surface area (Å²) >= 11 is 0. The van der Waals surface area contributed by atoms with E-state index in [9.17, 15) is 13.2 Å². The lowest BCUT2D eigenvalue weighted by Gasteiger charge is -2.22. The number of rotatable bonds is 8. The first-order valence-electron chi connectivity index (χ1n) is 8.37. The lowest BCUT2D eigenvalue weighted by Crippen LogP contribution is -2.37. The second kappa shape index (κ2) is 8.77. The Morgan fingerprint density at radius 1 is 1.11 bits per heavy atom. The van der Waals surface area contributed by atoms with Crippen LogP contribution in [0.25, 0.3) is 0 Å². The number of anilines is 2. The van der Waals surface area contributed by atoms with Crippen molar-refractivity contribution in [2.24, 2.45) is 0 Å². The van der Waals surface area contributed by atoms with Crippen LogP contribution < -0.4 is 19.1 Å². The van der Waals surface area contributed by atoms with Crippen LogP contribution in [0.4, 0.5) is 11.4 Å². The van der Waals surface area contributed by atoms with Crippen molar-refractivity contribution in [1.82, 2.24) is 0 Å². The van der Waals surface area contributed by atoms with Crippen molar-refractivity contribution >= 4 is 27.3 Å². The van der Waals surface area contributed by atoms with E-state index in [1.807, 2.05) is 13.8 Å². The topological polar surface area (TPSA) is 84.9 Å². The van der Waals surface area contributed by atoms with Gasteiger partial charge >= 0.3 is 0 Å². The highest BCUT2D eigenvalue weighted by molar-refractivity contribution is 7.92. The highest BCUT2D eigenvalue weighted by Gasteiger charge is 2.21. The Morgan fingerprint density at radius 3 is 2.33 bits per heavy atom. The molecular weight excluding hydrogens is 368 g/mol. The third kappa shape index (κ3) is 6.18. The third-order valence-corrected chi connectivity index (χ3v) is 4.68. The zero-order chi connectivity index (χ0) is 20.0. The molecule has 2 rings (SSSR count). The minimum Gasteiger partial charge on any atom is -0.497 e. The fourth-order valence-electron chi connectivity index (χ4n) is 2.39. The molecule has 146 valence electrons. The average molecular weight is 392 g/mol. The highest BCUT2D eigenvalue weighted by atomic mass is 32.2. The van der Waals surface area contributed by atoms with Crippen molar-refractivity contribution in [3.05, 3.63) is 48.5 Å². The number of benzene rings is 2. The van der Waals surface area contributed by atoms with Crippen molar-refractivity contribution in [3.8, 4) is 11.5 Å². The number of sulfonamides is 1. The molecule has 1 N–H and O–H groups in total. The Balaban J connectivity index is 2.12. The minimum absolute atomic E-state index is 0.0524. The van der Waals surface area contributed by atoms with E-state index in [0.717, 1.165) is 10.6 Å². The van der Waals surface area contributed by atoms with Gasteiger partial charge in [0.25, 0.3) is 0 Å². The summed E-state index contributed by atoms with van der Waals surface area (Å²) in [5.74, 6) is 0.736. The van der Waals surface area contributed by atoms with Crippen LogP contribution in [0.5, 0.6) is 11.5 Å². The van der Waals surface area contributed by atoms with Gasteiger partial charge in [0.1, 0.15) is 18.0 Å². The van der Waals surface area contributed by atoms with E-state index in [-0.39, 0.29) is 12.6 Å². The minimum atomic E-state index is -3.65. The van der Waals surface area contributed by atoms with Gasteiger partial charge in [-0.2, -0.15) is 0 Å². The molecule has 7 nitrogen and oxygen atoms in total. The zero-order valence-electron chi connectivity index (χ0n) is 15.8. The summed E-state index contributed by atoms with van der Waals surface area (Å²) in [6, 6.07) is 13.4. The Hall–Kier alpha value is -2.74. The van der Waals surface area contributed by atoms with E-state index in [2.05, 4.69) is 5.32 Å². The normalized spacial score (nSPS) is 11.1. The van der Waals surface area contributed by atoms with E-state index >= 15 is 0 Å². The van der Waals surface area contributed by atoms with Crippen LogP contribution in [-0.2, 0) is 14.8 Å². The van der Waals surface area contributed by atoms with Crippen LogP contribution in [0, 0.1) is 0 Å². The predicted octanol–water partition coefficient (Wildman–Crippen LogP) is 2.89. The first kappa shape index (κ1) is 20.6. The molecule has 8 heteroatoms. The Bertz CT molecular complexity index is 879. The zero-order valence-corrected chi connectivity index (χ0v) is 16.6. The van der Waals surface area contributed by atoms with E-state index in [4.69, 9.17) is 9.47 Å². The first-order valence-corrected chi connectivity index (χ1v) is 10.2. The number of amides is 1. The molecule has 2 aromatic carbocycles. The van der Waals surface area contributed by atoms with Gasteiger partial charge in [-0.1, -0.05) is 6.07 Å². The van der Waals surface area contributed by atoms with Gasteiger partial charge in [0.15, 0.2) is 0 Å². The lowest BCUT2D eigenvalue weighted by atomic mass is 10.3. The smallest absolute Gasteiger partial charge is 0.245 e. The third-order valence-electron chi connectivity index (χ3n) is 3.54. The molecule has 0 heterocycles. The number of carbonyl (C=O) groups is 1. The summed E-state index contributed by atoms with van der Waals surface area (Å²) < 4.78 is 36.0. The molecule has 0 bridgehead atoms. The van der Waals surface area contributed by atoms with Gasteiger partial charge in [0.05, 0.1) is 25.2 Å². The predicted molar refractivity (Wildman–Crippen MR) is 106 cm³/mol. The molecule has 0 aliphatic rings. The monoisotopic (exact) mass is 392 g/mol. The van der Waals surface area contributed by atoms with Gasteiger partial charge in [0.2, 0.25) is 15.9 Å². The molecular formula is C19H24N2O5S. The van der Waals surface area contributed by atoms with Gasteiger partial charge in [0, 0.05) is 11.8 Å². The SMILES string of the molecule is COc1cccc(N(CC(=O)Nc2ccc(OC(C)C)cc2)S(C)(=O)=O)c1. The number of methoxy groups -OCH3 is 1. The van der Waals surface area contributed by atoms with Crippen LogP contribution in [0.3, 0.4) is 0 Å². The molecule has 27 heavy (non-hydrogen) atoms. The molecule has 0 fully saturated rings. The van der Waals surface area contributed by atoms with Gasteiger partial charge in [-0.15, -0.1) is 0 Å². The van der Waals surface area contributed by atoms with Crippen LogP contribution in [0.2, 0.25) is 0 Å². The second-order valence-corrected chi connectivity index (χ2v) is 8.12. The number of nitrogens with one attached hydrogen (secondary N) is 1. The van der Waals surface area contributed by atoms with Gasteiger partial charge in [-0.3, -0.25) is 9.10 Å². The summed E-state index contributed by atoms with van der Waals surface area (Å²) in [5, 5.41) is 2.69. The van der Waals surface area contributed by atoms with E-state index < -0.39 is 15.9 Å². The molecule has 0 aliphatic carbocycles. The Labute approximate surface area is 160 Å². The van der Waals surface area contributed by atoms with Gasteiger partial charge < -0.3 is 14.8 Å². The molecule has 0 unspecified atom stereocenters. The number of hydrogen-bond acceptors (Lipinski definition) is 5. The summed E-state index contributed by atoms with van der Waals surface area (Å²) in [7, 11) is -2.16. The van der Waals surface area contributed by atoms with Gasteiger partial charge in [-0.25, -0.2) is 8.42 Å². The standard InChI is InChI=1S/C19H24N2O5S/c1-14(2)26-17-10-8-15(9-11-17)20-19(22)13-21(27(4,23)24)16-6-5-7-18(12-16)25-3/h5-12,14H,13H2,1-4H3,(H,20,22). The molecule has 2 aromatic rings. The van der Waals surface area contributed by atoms with E-state index in [1.54, 1.807) is 48.5 Å². The molecule has 1 amide bonds. The number of carbonyl (C=O) groups excluding carboxylic acids is 1.